The molecule has 0 N–H and O–H groups in total. The van der Waals surface area contributed by atoms with E-state index in [9.17, 15) is 4.79 Å². The number of carbonyl (C=O) groups is 1. The van der Waals surface area contributed by atoms with Crippen molar-refractivity contribution in [2.45, 2.75) is 31.8 Å². The molecule has 0 spiro atoms. The van der Waals surface area contributed by atoms with Gasteiger partial charge in [-0.2, -0.15) is 0 Å². The molecule has 0 heterocycles. The third-order valence-electron chi connectivity index (χ3n) is 2.61. The average molecular weight is 203 g/mol. The van der Waals surface area contributed by atoms with Gasteiger partial charge in [-0.1, -0.05) is 0 Å². The van der Waals surface area contributed by atoms with Crippen LogP contribution in [0.2, 0.25) is 0 Å². The molecule has 0 aromatic rings. The van der Waals surface area contributed by atoms with Gasteiger partial charge in [-0.05, 0) is 38.6 Å². The summed E-state index contributed by atoms with van der Waals surface area (Å²) in [5, 5.41) is 0. The Kier molecular flexibility index (Phi) is 4.06. The van der Waals surface area contributed by atoms with Crippen LogP contribution in [0.1, 0.15) is 25.7 Å². The molecule has 0 unspecified atom stereocenters. The number of rotatable bonds is 2. The number of hydrogen-bond acceptors (Lipinski definition) is 3. The van der Waals surface area contributed by atoms with Gasteiger partial charge in [0, 0.05) is 20.0 Å². The van der Waals surface area contributed by atoms with E-state index in [0.29, 0.717) is 0 Å². The van der Waals surface area contributed by atoms with Crippen LogP contribution in [0, 0.1) is 5.92 Å². The molecule has 1 aliphatic carbocycles. The zero-order chi connectivity index (χ0) is 9.84. The molecule has 0 radical (unpaired) electrons. The number of carbonyl (C=O) groups excluding carboxylic acids is 1. The Morgan fingerprint density at radius 1 is 1.31 bits per heavy atom. The molecule has 0 aromatic heterocycles. The van der Waals surface area contributed by atoms with Gasteiger partial charge in [0.05, 0.1) is 6.10 Å². The summed E-state index contributed by atoms with van der Waals surface area (Å²) in [5.74, 6) is 0.451. The Morgan fingerprint density at radius 3 is 2.23 bits per heavy atom. The van der Waals surface area contributed by atoms with Gasteiger partial charge in [-0.15, -0.1) is 0 Å². The monoisotopic (exact) mass is 203 g/mol. The first-order valence-corrected chi connectivity index (χ1v) is 5.03. The second kappa shape index (κ2) is 4.86. The Balaban J connectivity index is 2.36. The van der Waals surface area contributed by atoms with Gasteiger partial charge in [0.1, 0.15) is 0 Å². The molecular formula is C9H17NO2S. The highest BCUT2D eigenvalue weighted by atomic mass is 32.1. The quantitative estimate of drug-likeness (QED) is 0.544. The van der Waals surface area contributed by atoms with Crippen molar-refractivity contribution in [3.63, 3.8) is 0 Å². The standard InChI is InChI=1S/C9H17NO2S/c1-10(2)9(11)7-3-5-8(12-13)6-4-7/h7-8,13H,3-6H2,1-2H3/t7-,8+. The van der Waals surface area contributed by atoms with Gasteiger partial charge in [-0.25, -0.2) is 0 Å². The lowest BCUT2D eigenvalue weighted by Gasteiger charge is -2.27. The van der Waals surface area contributed by atoms with Crippen LogP contribution in [-0.2, 0) is 8.98 Å². The van der Waals surface area contributed by atoms with Crippen LogP contribution in [0.15, 0.2) is 0 Å². The first kappa shape index (κ1) is 10.9. The Morgan fingerprint density at radius 2 is 1.85 bits per heavy atom. The van der Waals surface area contributed by atoms with Crippen LogP contribution in [0.3, 0.4) is 0 Å². The first-order valence-electron chi connectivity index (χ1n) is 4.66. The minimum absolute atomic E-state index is 0.203. The SMILES string of the molecule is CN(C)C(=O)[C@H]1CC[C@@H](OS)CC1. The molecule has 0 aliphatic heterocycles. The van der Waals surface area contributed by atoms with Gasteiger partial charge in [-0.3, -0.25) is 4.79 Å². The van der Waals surface area contributed by atoms with Crippen LogP contribution in [-0.4, -0.2) is 31.0 Å². The van der Waals surface area contributed by atoms with Crippen molar-refractivity contribution < 1.29 is 8.98 Å². The van der Waals surface area contributed by atoms with E-state index in [2.05, 4.69) is 12.9 Å². The van der Waals surface area contributed by atoms with Crippen molar-refractivity contribution in [1.82, 2.24) is 4.90 Å². The lowest BCUT2D eigenvalue weighted by Crippen LogP contribution is -2.33. The molecule has 13 heavy (non-hydrogen) atoms. The van der Waals surface area contributed by atoms with E-state index < -0.39 is 0 Å². The van der Waals surface area contributed by atoms with Crippen LogP contribution in [0.25, 0.3) is 0 Å². The summed E-state index contributed by atoms with van der Waals surface area (Å²) < 4.78 is 4.95. The van der Waals surface area contributed by atoms with Crippen LogP contribution in [0.5, 0.6) is 0 Å². The van der Waals surface area contributed by atoms with E-state index >= 15 is 0 Å². The molecule has 0 aromatic carbocycles. The molecule has 1 rings (SSSR count). The van der Waals surface area contributed by atoms with Gasteiger partial charge < -0.3 is 9.08 Å². The van der Waals surface area contributed by atoms with E-state index in [-0.39, 0.29) is 17.9 Å². The maximum Gasteiger partial charge on any atom is 0.225 e. The largest absolute Gasteiger partial charge is 0.349 e. The molecule has 3 nitrogen and oxygen atoms in total. The Labute approximate surface area is 85.1 Å². The lowest BCUT2D eigenvalue weighted by atomic mass is 9.87. The Hall–Kier alpha value is -0.220. The summed E-state index contributed by atoms with van der Waals surface area (Å²) in [6, 6.07) is 0. The van der Waals surface area contributed by atoms with E-state index in [1.165, 1.54) is 0 Å². The normalized spacial score (nSPS) is 28.5. The molecule has 0 atom stereocenters. The van der Waals surface area contributed by atoms with E-state index in [1.807, 2.05) is 14.1 Å². The zero-order valence-electron chi connectivity index (χ0n) is 8.19. The van der Waals surface area contributed by atoms with Crippen LogP contribution in [0.4, 0.5) is 0 Å². The fraction of sp³-hybridized carbons (Fsp3) is 0.889. The summed E-state index contributed by atoms with van der Waals surface area (Å²) >= 11 is 3.79. The smallest absolute Gasteiger partial charge is 0.225 e. The van der Waals surface area contributed by atoms with Crippen molar-refractivity contribution in [2.24, 2.45) is 5.92 Å². The summed E-state index contributed by atoms with van der Waals surface area (Å²) in [6.45, 7) is 0. The van der Waals surface area contributed by atoms with Gasteiger partial charge in [0.25, 0.3) is 0 Å². The number of nitrogens with zero attached hydrogens (tertiary/aromatic N) is 1. The number of thiol groups is 1. The summed E-state index contributed by atoms with van der Waals surface area (Å²) in [4.78, 5) is 13.2. The molecule has 4 heteroatoms. The summed E-state index contributed by atoms with van der Waals surface area (Å²) in [7, 11) is 3.62. The van der Waals surface area contributed by atoms with Gasteiger partial charge >= 0.3 is 0 Å². The average Bonchev–Trinajstić information content (AvgIpc) is 2.17. The highest BCUT2D eigenvalue weighted by Crippen LogP contribution is 2.27. The number of hydrogen-bond donors (Lipinski definition) is 1. The molecule has 76 valence electrons. The van der Waals surface area contributed by atoms with Crippen molar-refractivity contribution in [1.29, 1.82) is 0 Å². The summed E-state index contributed by atoms with van der Waals surface area (Å²) in [5.41, 5.74) is 0. The Bertz CT molecular complexity index is 176. The summed E-state index contributed by atoms with van der Waals surface area (Å²) in [6.07, 6.45) is 4.01. The third kappa shape index (κ3) is 2.88. The van der Waals surface area contributed by atoms with Gasteiger partial charge in [0.15, 0.2) is 0 Å². The van der Waals surface area contributed by atoms with E-state index in [1.54, 1.807) is 4.90 Å². The fourth-order valence-corrected chi connectivity index (χ4v) is 1.99. The van der Waals surface area contributed by atoms with Crippen molar-refractivity contribution in [3.05, 3.63) is 0 Å². The third-order valence-corrected chi connectivity index (χ3v) is 2.91. The maximum absolute atomic E-state index is 11.6. The predicted molar refractivity (Wildman–Crippen MR) is 54.5 cm³/mol. The number of amides is 1. The van der Waals surface area contributed by atoms with Crippen LogP contribution >= 0.6 is 12.9 Å². The molecule has 0 saturated heterocycles. The van der Waals surface area contributed by atoms with Crippen molar-refractivity contribution in [2.75, 3.05) is 14.1 Å². The van der Waals surface area contributed by atoms with Gasteiger partial charge in [0.2, 0.25) is 5.91 Å². The van der Waals surface area contributed by atoms with Crippen LogP contribution < -0.4 is 0 Å². The predicted octanol–water partition coefficient (Wildman–Crippen LogP) is 1.49. The van der Waals surface area contributed by atoms with E-state index in [4.69, 9.17) is 4.18 Å². The fourth-order valence-electron chi connectivity index (χ4n) is 1.78. The second-order valence-corrected chi connectivity index (χ2v) is 4.02. The molecule has 1 fully saturated rings. The second-order valence-electron chi connectivity index (χ2n) is 3.81. The minimum atomic E-state index is 0.203. The lowest BCUT2D eigenvalue weighted by molar-refractivity contribution is -0.134. The molecule has 1 amide bonds. The zero-order valence-corrected chi connectivity index (χ0v) is 9.09. The van der Waals surface area contributed by atoms with E-state index in [0.717, 1.165) is 25.7 Å². The maximum atomic E-state index is 11.6. The highest BCUT2D eigenvalue weighted by Gasteiger charge is 2.27. The molecule has 1 saturated carbocycles. The first-order chi connectivity index (χ1) is 6.15. The van der Waals surface area contributed by atoms with Crippen molar-refractivity contribution >= 4 is 18.8 Å². The van der Waals surface area contributed by atoms with Crippen molar-refractivity contribution in [3.8, 4) is 0 Å². The topological polar surface area (TPSA) is 29.5 Å². The molecular weight excluding hydrogens is 186 g/mol. The molecule has 0 bridgehead atoms. The molecule has 1 aliphatic rings. The minimum Gasteiger partial charge on any atom is -0.349 e. The highest BCUT2D eigenvalue weighted by molar-refractivity contribution is 7.75.